The smallest absolute Gasteiger partial charge is 0.227 e. The minimum absolute atomic E-state index is 0.152. The van der Waals surface area contributed by atoms with Gasteiger partial charge in [-0.2, -0.15) is 0 Å². The van der Waals surface area contributed by atoms with Crippen LogP contribution in [-0.2, 0) is 17.0 Å². The predicted molar refractivity (Wildman–Crippen MR) is 126 cm³/mol. The van der Waals surface area contributed by atoms with Crippen molar-refractivity contribution in [2.45, 2.75) is 43.0 Å². The van der Waals surface area contributed by atoms with Gasteiger partial charge in [0.15, 0.2) is 5.16 Å². The fourth-order valence-electron chi connectivity index (χ4n) is 4.04. The van der Waals surface area contributed by atoms with Crippen LogP contribution in [-0.4, -0.2) is 46.0 Å². The number of aryl methyl sites for hydroxylation is 1. The minimum Gasteiger partial charge on any atom is -0.497 e. The van der Waals surface area contributed by atoms with Gasteiger partial charge >= 0.3 is 0 Å². The lowest BCUT2D eigenvalue weighted by molar-refractivity contribution is -0.131. The molecule has 4 rings (SSSR count). The summed E-state index contributed by atoms with van der Waals surface area (Å²) in [4.78, 5) is 28.7. The van der Waals surface area contributed by atoms with Crippen molar-refractivity contribution < 1.29 is 9.53 Å². The molecule has 1 saturated heterocycles. The highest BCUT2D eigenvalue weighted by Gasteiger charge is 2.27. The number of benzene rings is 1. The van der Waals surface area contributed by atoms with Gasteiger partial charge in [-0.1, -0.05) is 30.0 Å². The number of nitrogens with zero attached hydrogens (tertiary/aromatic N) is 4. The van der Waals surface area contributed by atoms with Crippen LogP contribution in [0, 0.1) is 6.92 Å². The van der Waals surface area contributed by atoms with Crippen LogP contribution in [0.3, 0.4) is 0 Å². The summed E-state index contributed by atoms with van der Waals surface area (Å²) in [5, 5.41) is 0.760. The Kier molecular flexibility index (Phi) is 7.37. The van der Waals surface area contributed by atoms with Crippen molar-refractivity contribution in [1.29, 1.82) is 0 Å². The number of piperidine rings is 1. The van der Waals surface area contributed by atoms with E-state index >= 15 is 0 Å². The van der Waals surface area contributed by atoms with Gasteiger partial charge in [-0.25, -0.2) is 9.97 Å². The number of carbonyl (C=O) groups is 1. The molecule has 2 aromatic heterocycles. The number of carbonyl (C=O) groups excluding carboxylic acids is 1. The molecule has 1 atom stereocenters. The highest BCUT2D eigenvalue weighted by atomic mass is 32.2. The molecule has 1 aliphatic heterocycles. The minimum atomic E-state index is 0.152. The number of methoxy groups -OCH3 is 1. The summed E-state index contributed by atoms with van der Waals surface area (Å²) < 4.78 is 5.28. The molecule has 0 radical (unpaired) electrons. The van der Waals surface area contributed by atoms with Crippen LogP contribution >= 0.6 is 11.8 Å². The predicted octanol–water partition coefficient (Wildman–Crippen LogP) is 4.43. The Labute approximate surface area is 193 Å². The maximum absolute atomic E-state index is 13.0. The molecule has 32 heavy (non-hydrogen) atoms. The summed E-state index contributed by atoms with van der Waals surface area (Å²) in [7, 11) is 1.64. The largest absolute Gasteiger partial charge is 0.497 e. The molecule has 1 amide bonds. The van der Waals surface area contributed by atoms with Gasteiger partial charge in [0, 0.05) is 37.2 Å². The number of ether oxygens (including phenoxy) is 1. The number of rotatable bonds is 7. The monoisotopic (exact) mass is 448 g/mol. The number of hydrogen-bond acceptors (Lipinski definition) is 6. The molecule has 0 bridgehead atoms. The third-order valence-corrected chi connectivity index (χ3v) is 6.61. The molecule has 3 aromatic rings. The lowest BCUT2D eigenvalue weighted by Crippen LogP contribution is -2.40. The normalized spacial score (nSPS) is 16.1. The van der Waals surface area contributed by atoms with E-state index in [0.717, 1.165) is 58.6 Å². The van der Waals surface area contributed by atoms with Crippen molar-refractivity contribution in [3.63, 3.8) is 0 Å². The van der Waals surface area contributed by atoms with E-state index in [1.54, 1.807) is 25.1 Å². The highest BCUT2D eigenvalue weighted by Crippen LogP contribution is 2.30. The summed E-state index contributed by atoms with van der Waals surface area (Å²) >= 11 is 1.60. The lowest BCUT2D eigenvalue weighted by atomic mass is 9.92. The first-order chi connectivity index (χ1) is 15.6. The van der Waals surface area contributed by atoms with Crippen LogP contribution in [0.5, 0.6) is 5.75 Å². The maximum Gasteiger partial charge on any atom is 0.227 e. The molecule has 1 fully saturated rings. The Balaban J connectivity index is 1.42. The number of likely N-dealkylation sites (tertiary alicyclic amines) is 1. The van der Waals surface area contributed by atoms with Gasteiger partial charge in [0.05, 0.1) is 24.9 Å². The second-order valence-corrected chi connectivity index (χ2v) is 8.98. The Morgan fingerprint density at radius 2 is 2.12 bits per heavy atom. The van der Waals surface area contributed by atoms with Crippen molar-refractivity contribution in [2.75, 3.05) is 20.2 Å². The zero-order valence-electron chi connectivity index (χ0n) is 18.5. The zero-order chi connectivity index (χ0) is 22.3. The molecule has 6 nitrogen and oxygen atoms in total. The Hall–Kier alpha value is -2.93. The molecular weight excluding hydrogens is 420 g/mol. The number of amides is 1. The topological polar surface area (TPSA) is 68.2 Å². The van der Waals surface area contributed by atoms with E-state index in [1.165, 1.54) is 0 Å². The summed E-state index contributed by atoms with van der Waals surface area (Å²) in [6, 6.07) is 13.6. The molecule has 0 aliphatic carbocycles. The molecule has 7 heteroatoms. The Bertz CT molecular complexity index is 1060. The summed E-state index contributed by atoms with van der Waals surface area (Å²) in [6.07, 6.45) is 6.11. The van der Waals surface area contributed by atoms with Gasteiger partial charge in [0.2, 0.25) is 5.91 Å². The molecule has 166 valence electrons. The Morgan fingerprint density at radius 3 is 2.94 bits per heavy atom. The number of aromatic nitrogens is 3. The lowest BCUT2D eigenvalue weighted by Gasteiger charge is -2.33. The average Bonchev–Trinajstić information content (AvgIpc) is 2.84. The van der Waals surface area contributed by atoms with Crippen LogP contribution in [0.25, 0.3) is 0 Å². The van der Waals surface area contributed by atoms with Gasteiger partial charge in [0.1, 0.15) is 5.75 Å². The van der Waals surface area contributed by atoms with E-state index in [-0.39, 0.29) is 11.8 Å². The second-order valence-electron chi connectivity index (χ2n) is 8.04. The summed E-state index contributed by atoms with van der Waals surface area (Å²) in [6.45, 7) is 3.55. The first-order valence-corrected chi connectivity index (χ1v) is 11.9. The quantitative estimate of drug-likeness (QED) is 0.393. The van der Waals surface area contributed by atoms with E-state index in [9.17, 15) is 4.79 Å². The molecular formula is C25H28N4O2S. The molecule has 1 aliphatic rings. The molecule has 1 unspecified atom stereocenters. The SMILES string of the molecule is COc1cccc(CC(=O)N2CCCC(c3nc(SCc4ccccn4)ncc3C)C2)c1. The first-order valence-electron chi connectivity index (χ1n) is 10.9. The fraction of sp³-hybridized carbons (Fsp3) is 0.360. The molecule has 0 saturated carbocycles. The van der Waals surface area contributed by atoms with E-state index in [0.29, 0.717) is 13.0 Å². The second kappa shape index (κ2) is 10.6. The fourth-order valence-corrected chi connectivity index (χ4v) is 4.78. The zero-order valence-corrected chi connectivity index (χ0v) is 19.3. The first kappa shape index (κ1) is 22.3. The van der Waals surface area contributed by atoms with Crippen molar-refractivity contribution in [3.05, 3.63) is 77.4 Å². The van der Waals surface area contributed by atoms with E-state index in [2.05, 4.69) is 16.9 Å². The Morgan fingerprint density at radius 1 is 1.22 bits per heavy atom. The average molecular weight is 449 g/mol. The van der Waals surface area contributed by atoms with Crippen molar-refractivity contribution in [1.82, 2.24) is 19.9 Å². The van der Waals surface area contributed by atoms with E-state index in [1.807, 2.05) is 53.6 Å². The van der Waals surface area contributed by atoms with Crippen LogP contribution in [0.2, 0.25) is 0 Å². The van der Waals surface area contributed by atoms with Crippen LogP contribution in [0.15, 0.2) is 60.0 Å². The standard InChI is InChI=1S/C25H28N4O2S/c1-18-15-27-25(32-17-21-9-3-4-11-26-21)28-24(18)20-8-6-12-29(16-20)23(30)14-19-7-5-10-22(13-19)31-2/h3-5,7,9-11,13,15,20H,6,8,12,14,16-17H2,1-2H3. The van der Waals surface area contributed by atoms with E-state index < -0.39 is 0 Å². The van der Waals surface area contributed by atoms with Gasteiger partial charge in [0.25, 0.3) is 0 Å². The highest BCUT2D eigenvalue weighted by molar-refractivity contribution is 7.98. The van der Waals surface area contributed by atoms with Gasteiger partial charge in [-0.3, -0.25) is 9.78 Å². The van der Waals surface area contributed by atoms with Crippen LogP contribution in [0.1, 0.15) is 41.3 Å². The number of hydrogen-bond donors (Lipinski definition) is 0. The van der Waals surface area contributed by atoms with Crippen molar-refractivity contribution >= 4 is 17.7 Å². The van der Waals surface area contributed by atoms with Gasteiger partial charge < -0.3 is 9.64 Å². The molecule has 1 aromatic carbocycles. The number of pyridine rings is 1. The summed E-state index contributed by atoms with van der Waals surface area (Å²) in [5.74, 6) is 1.90. The third kappa shape index (κ3) is 5.65. The van der Waals surface area contributed by atoms with Crippen LogP contribution < -0.4 is 4.74 Å². The van der Waals surface area contributed by atoms with E-state index in [4.69, 9.17) is 9.72 Å². The van der Waals surface area contributed by atoms with Gasteiger partial charge in [-0.15, -0.1) is 0 Å². The molecule has 0 spiro atoms. The summed E-state index contributed by atoms with van der Waals surface area (Å²) in [5.41, 5.74) is 4.12. The van der Waals surface area contributed by atoms with Gasteiger partial charge in [-0.05, 0) is 55.2 Å². The molecule has 3 heterocycles. The van der Waals surface area contributed by atoms with Crippen LogP contribution in [0.4, 0.5) is 0 Å². The maximum atomic E-state index is 13.0. The number of thioether (sulfide) groups is 1. The van der Waals surface area contributed by atoms with Crippen molar-refractivity contribution in [3.8, 4) is 5.75 Å². The third-order valence-electron chi connectivity index (χ3n) is 5.71. The van der Waals surface area contributed by atoms with Crippen molar-refractivity contribution in [2.24, 2.45) is 0 Å². The molecule has 0 N–H and O–H groups in total.